The minimum Gasteiger partial charge on any atom is -0.399 e. The molecule has 0 aliphatic rings. The molecule has 2 N–H and O–H groups in total. The zero-order chi connectivity index (χ0) is 13.4. The number of nitrogens with two attached hydrogens (primary N) is 1. The quantitative estimate of drug-likeness (QED) is 0.636. The number of aryl methyl sites for hydroxylation is 1. The van der Waals surface area contributed by atoms with Crippen LogP contribution in [0.1, 0.15) is 11.1 Å². The Kier molecular flexibility index (Phi) is 3.31. The summed E-state index contributed by atoms with van der Waals surface area (Å²) in [4.78, 5) is 0. The van der Waals surface area contributed by atoms with Crippen molar-refractivity contribution in [3.63, 3.8) is 0 Å². The summed E-state index contributed by atoms with van der Waals surface area (Å²) in [5, 5.41) is 0. The monoisotopic (exact) mass is 257 g/mol. The molecule has 0 aromatic heterocycles. The van der Waals surface area contributed by atoms with E-state index in [4.69, 9.17) is 5.73 Å². The van der Waals surface area contributed by atoms with Gasteiger partial charge in [-0.3, -0.25) is 0 Å². The van der Waals surface area contributed by atoms with Gasteiger partial charge in [0, 0.05) is 11.3 Å². The lowest BCUT2D eigenvalue weighted by molar-refractivity contribution is -0.274. The molecular formula is C10H9F6N. The van der Waals surface area contributed by atoms with Crippen LogP contribution < -0.4 is 5.73 Å². The van der Waals surface area contributed by atoms with Crippen molar-refractivity contribution in [1.82, 2.24) is 0 Å². The fraction of sp³-hybridized carbons (Fsp3) is 0.400. The lowest BCUT2D eigenvalue weighted by atomic mass is 9.94. The Bertz CT molecular complexity index is 414. The lowest BCUT2D eigenvalue weighted by Crippen LogP contribution is -2.44. The minimum atomic E-state index is -5.71. The summed E-state index contributed by atoms with van der Waals surface area (Å²) in [6.45, 7) is 1.47. The van der Waals surface area contributed by atoms with Crippen LogP contribution >= 0.6 is 0 Å². The predicted molar refractivity (Wildman–Crippen MR) is 50.4 cm³/mol. The molecule has 0 aliphatic heterocycles. The van der Waals surface area contributed by atoms with Gasteiger partial charge in [-0.15, -0.1) is 0 Å². The molecule has 1 nitrogen and oxygen atoms in total. The molecular weight excluding hydrogens is 248 g/mol. The number of alkyl halides is 6. The average Bonchev–Trinajstić information content (AvgIpc) is 2.19. The predicted octanol–water partition coefficient (Wildman–Crippen LogP) is 3.57. The Labute approximate surface area is 93.2 Å². The molecule has 0 fully saturated rings. The van der Waals surface area contributed by atoms with E-state index in [0.717, 1.165) is 6.07 Å². The van der Waals surface area contributed by atoms with Gasteiger partial charge in [0.1, 0.15) is 0 Å². The van der Waals surface area contributed by atoms with Gasteiger partial charge in [-0.05, 0) is 18.6 Å². The van der Waals surface area contributed by atoms with Gasteiger partial charge in [0.05, 0.1) is 0 Å². The van der Waals surface area contributed by atoms with Crippen molar-refractivity contribution >= 4 is 5.69 Å². The molecule has 0 radical (unpaired) electrons. The summed E-state index contributed by atoms with van der Waals surface area (Å²) in [5.41, 5.74) is -0.399. The fourth-order valence-corrected chi connectivity index (χ4v) is 1.28. The van der Waals surface area contributed by atoms with Crippen molar-refractivity contribution in [2.24, 2.45) is 0 Å². The molecule has 1 aromatic rings. The molecule has 0 saturated heterocycles. The molecule has 0 heterocycles. The highest BCUT2D eigenvalue weighted by Gasteiger charge is 2.64. The Hall–Kier alpha value is -1.40. The molecule has 96 valence electrons. The van der Waals surface area contributed by atoms with E-state index in [2.05, 4.69) is 0 Å². The zero-order valence-electron chi connectivity index (χ0n) is 8.65. The highest BCUT2D eigenvalue weighted by atomic mass is 19.4. The summed E-state index contributed by atoms with van der Waals surface area (Å²) in [6.07, 6.45) is -9.92. The summed E-state index contributed by atoms with van der Waals surface area (Å²) in [7, 11) is 0. The van der Waals surface area contributed by atoms with Crippen LogP contribution in [0.3, 0.4) is 0 Å². The maximum absolute atomic E-state index is 13.5. The molecule has 1 unspecified atom stereocenters. The van der Waals surface area contributed by atoms with Gasteiger partial charge in [-0.25, -0.2) is 13.2 Å². The standard InChI is InChI=1S/C10H9F6N/c1-5-2-3-6(4-7(5)17)9(13,8(11)12)10(14,15)16/h2-4,8H,17H2,1H3. The van der Waals surface area contributed by atoms with Crippen molar-refractivity contribution in [3.8, 4) is 0 Å². The van der Waals surface area contributed by atoms with E-state index in [1.165, 1.54) is 6.92 Å². The summed E-state index contributed by atoms with van der Waals surface area (Å²) in [5.74, 6) is 0. The van der Waals surface area contributed by atoms with Crippen LogP contribution in [0, 0.1) is 6.92 Å². The summed E-state index contributed by atoms with van der Waals surface area (Å²) in [6, 6.07) is 2.30. The Morgan fingerprint density at radius 3 is 2.00 bits per heavy atom. The number of benzene rings is 1. The highest BCUT2D eigenvalue weighted by molar-refractivity contribution is 5.50. The van der Waals surface area contributed by atoms with Crippen molar-refractivity contribution in [1.29, 1.82) is 0 Å². The molecule has 1 atom stereocenters. The summed E-state index contributed by atoms with van der Waals surface area (Å²) < 4.78 is 75.4. The van der Waals surface area contributed by atoms with E-state index in [1.807, 2.05) is 0 Å². The van der Waals surface area contributed by atoms with Crippen LogP contribution in [-0.2, 0) is 5.67 Å². The van der Waals surface area contributed by atoms with Crippen molar-refractivity contribution < 1.29 is 26.3 Å². The van der Waals surface area contributed by atoms with Gasteiger partial charge in [0.15, 0.2) is 0 Å². The molecule has 0 spiro atoms. The molecule has 0 saturated carbocycles. The first kappa shape index (κ1) is 13.7. The number of hydrogen-bond acceptors (Lipinski definition) is 1. The normalized spacial score (nSPS) is 16.0. The van der Waals surface area contributed by atoms with E-state index < -0.39 is 23.8 Å². The third-order valence-corrected chi connectivity index (χ3v) is 2.41. The number of hydrogen-bond donors (Lipinski definition) is 1. The van der Waals surface area contributed by atoms with Gasteiger partial charge in [0.25, 0.3) is 12.1 Å². The lowest BCUT2D eigenvalue weighted by Gasteiger charge is -2.27. The van der Waals surface area contributed by atoms with Crippen LogP contribution in [0.2, 0.25) is 0 Å². The number of rotatable bonds is 2. The van der Waals surface area contributed by atoms with Gasteiger partial charge in [-0.1, -0.05) is 12.1 Å². The van der Waals surface area contributed by atoms with Crippen LogP contribution in [0.5, 0.6) is 0 Å². The van der Waals surface area contributed by atoms with Crippen LogP contribution in [0.25, 0.3) is 0 Å². The van der Waals surface area contributed by atoms with Gasteiger partial charge in [0.2, 0.25) is 0 Å². The highest BCUT2D eigenvalue weighted by Crippen LogP contribution is 2.47. The van der Waals surface area contributed by atoms with E-state index in [-0.39, 0.29) is 5.69 Å². The summed E-state index contributed by atoms with van der Waals surface area (Å²) >= 11 is 0. The Morgan fingerprint density at radius 1 is 1.12 bits per heavy atom. The first-order valence-corrected chi connectivity index (χ1v) is 4.51. The molecule has 0 amide bonds. The van der Waals surface area contributed by atoms with Gasteiger partial charge < -0.3 is 5.73 Å². The van der Waals surface area contributed by atoms with Crippen molar-refractivity contribution in [3.05, 3.63) is 29.3 Å². The fourth-order valence-electron chi connectivity index (χ4n) is 1.28. The SMILES string of the molecule is Cc1ccc(C(F)(C(F)F)C(F)(F)F)cc1N. The third-order valence-electron chi connectivity index (χ3n) is 2.41. The van der Waals surface area contributed by atoms with Gasteiger partial charge >= 0.3 is 6.18 Å². The van der Waals surface area contributed by atoms with E-state index >= 15 is 0 Å². The first-order chi connectivity index (χ1) is 7.60. The van der Waals surface area contributed by atoms with Gasteiger partial charge in [-0.2, -0.15) is 13.2 Å². The number of anilines is 1. The Balaban J connectivity index is 3.39. The molecule has 17 heavy (non-hydrogen) atoms. The van der Waals surface area contributed by atoms with Crippen molar-refractivity contribution in [2.75, 3.05) is 5.73 Å². The van der Waals surface area contributed by atoms with Crippen LogP contribution in [0.15, 0.2) is 18.2 Å². The number of nitrogen functional groups attached to an aromatic ring is 1. The zero-order valence-corrected chi connectivity index (χ0v) is 8.65. The van der Waals surface area contributed by atoms with Crippen molar-refractivity contribution in [2.45, 2.75) is 25.2 Å². The largest absolute Gasteiger partial charge is 0.432 e. The molecule has 0 aliphatic carbocycles. The second-order valence-electron chi connectivity index (χ2n) is 3.58. The Morgan fingerprint density at radius 2 is 1.65 bits per heavy atom. The maximum Gasteiger partial charge on any atom is 0.432 e. The average molecular weight is 257 g/mol. The second kappa shape index (κ2) is 4.12. The van der Waals surface area contributed by atoms with E-state index in [0.29, 0.717) is 17.7 Å². The smallest absolute Gasteiger partial charge is 0.399 e. The van der Waals surface area contributed by atoms with E-state index in [1.54, 1.807) is 0 Å². The third kappa shape index (κ3) is 2.18. The second-order valence-corrected chi connectivity index (χ2v) is 3.58. The van der Waals surface area contributed by atoms with Crippen LogP contribution in [-0.4, -0.2) is 12.6 Å². The maximum atomic E-state index is 13.5. The molecule has 1 rings (SSSR count). The molecule has 1 aromatic carbocycles. The van der Waals surface area contributed by atoms with Crippen LogP contribution in [0.4, 0.5) is 32.0 Å². The molecule has 7 heteroatoms. The molecule has 0 bridgehead atoms. The minimum absolute atomic E-state index is 0.172. The van der Waals surface area contributed by atoms with E-state index in [9.17, 15) is 26.3 Å². The topological polar surface area (TPSA) is 26.0 Å². The number of halogens is 6. The first-order valence-electron chi connectivity index (χ1n) is 4.51.